The molecule has 2 fully saturated rings. The normalized spacial score (nSPS) is 20.6. The summed E-state index contributed by atoms with van der Waals surface area (Å²) in [4.78, 5) is 14.9. The van der Waals surface area contributed by atoms with Crippen LogP contribution in [0.5, 0.6) is 0 Å². The summed E-state index contributed by atoms with van der Waals surface area (Å²) in [7, 11) is 0. The van der Waals surface area contributed by atoms with Crippen LogP contribution in [0.1, 0.15) is 57.1 Å². The van der Waals surface area contributed by atoms with Crippen LogP contribution in [0.3, 0.4) is 0 Å². The average Bonchev–Trinajstić information content (AvgIpc) is 3.62. The van der Waals surface area contributed by atoms with E-state index in [0.717, 1.165) is 67.5 Å². The summed E-state index contributed by atoms with van der Waals surface area (Å²) in [6.45, 7) is 4.91. The molecule has 0 radical (unpaired) electrons. The van der Waals surface area contributed by atoms with Gasteiger partial charge in [0.2, 0.25) is 0 Å². The van der Waals surface area contributed by atoms with Gasteiger partial charge in [0.25, 0.3) is 0 Å². The van der Waals surface area contributed by atoms with Gasteiger partial charge in [-0.25, -0.2) is 15.0 Å². The van der Waals surface area contributed by atoms with Gasteiger partial charge < -0.3 is 4.42 Å². The fourth-order valence-electron chi connectivity index (χ4n) is 10.1. The molecule has 2 heterocycles. The van der Waals surface area contributed by atoms with Crippen molar-refractivity contribution in [2.45, 2.75) is 51.4 Å². The Balaban J connectivity index is 0.974. The van der Waals surface area contributed by atoms with Crippen molar-refractivity contribution < 1.29 is 4.42 Å². The molecule has 1 unspecified atom stereocenters. The Morgan fingerprint density at radius 2 is 1.04 bits per heavy atom. The highest BCUT2D eigenvalue weighted by Gasteiger charge is 2.45. The quantitative estimate of drug-likeness (QED) is 0.170. The van der Waals surface area contributed by atoms with Crippen molar-refractivity contribution >= 4 is 21.9 Å². The second-order valence-electron chi connectivity index (χ2n) is 16.4. The van der Waals surface area contributed by atoms with Crippen molar-refractivity contribution in [2.24, 2.45) is 17.8 Å². The molecule has 0 N–H and O–H groups in total. The maximum atomic E-state index is 9.42. The zero-order valence-corrected chi connectivity index (χ0v) is 31.7. The SMILES string of the molecule is C[C@@H]1C[C@@H]2C[C@H](C)CC(c3ccc(-c4ccc(-c5nc(-c6ccc(C#N)cc6)nc(-c6ccc(-c7cccc8c7oc7ccccc78)cc6)n5)cc4)cc3)(C1)C2. The molecule has 272 valence electrons. The molecule has 2 saturated carbocycles. The van der Waals surface area contributed by atoms with Crippen LogP contribution in [0.25, 0.3) is 78.4 Å². The van der Waals surface area contributed by atoms with Crippen LogP contribution in [0.15, 0.2) is 144 Å². The fourth-order valence-corrected chi connectivity index (χ4v) is 10.1. The second kappa shape index (κ2) is 13.7. The van der Waals surface area contributed by atoms with E-state index in [1.807, 2.05) is 30.3 Å². The van der Waals surface area contributed by atoms with Gasteiger partial charge >= 0.3 is 0 Å². The molecular weight excluding hydrogens is 685 g/mol. The van der Waals surface area contributed by atoms with E-state index in [-0.39, 0.29) is 0 Å². The topological polar surface area (TPSA) is 75.6 Å². The summed E-state index contributed by atoms with van der Waals surface area (Å²) in [6, 6.07) is 50.4. The Hall–Kier alpha value is -6.38. The molecule has 0 saturated heterocycles. The van der Waals surface area contributed by atoms with Gasteiger partial charge in [0.05, 0.1) is 11.6 Å². The second-order valence-corrected chi connectivity index (χ2v) is 16.4. The highest BCUT2D eigenvalue weighted by atomic mass is 16.3. The van der Waals surface area contributed by atoms with E-state index in [9.17, 15) is 5.26 Å². The first-order chi connectivity index (χ1) is 27.4. The monoisotopic (exact) mass is 726 g/mol. The third-order valence-electron chi connectivity index (χ3n) is 12.4. The smallest absolute Gasteiger partial charge is 0.164 e. The van der Waals surface area contributed by atoms with Crippen molar-refractivity contribution in [3.05, 3.63) is 151 Å². The number of para-hydroxylation sites is 2. The molecule has 2 bridgehead atoms. The highest BCUT2D eigenvalue weighted by Crippen LogP contribution is 2.54. The fraction of sp³-hybridized carbons (Fsp3) is 0.216. The summed E-state index contributed by atoms with van der Waals surface area (Å²) in [5, 5.41) is 11.6. The molecule has 6 aromatic carbocycles. The van der Waals surface area contributed by atoms with Crippen molar-refractivity contribution in [2.75, 3.05) is 0 Å². The van der Waals surface area contributed by atoms with Gasteiger partial charge in [-0.05, 0) is 108 Å². The summed E-state index contributed by atoms with van der Waals surface area (Å²) in [5.41, 5.74) is 11.3. The number of rotatable bonds is 6. The first-order valence-electron chi connectivity index (χ1n) is 19.9. The van der Waals surface area contributed by atoms with E-state index in [1.165, 1.54) is 48.8 Å². The maximum absolute atomic E-state index is 9.42. The van der Waals surface area contributed by atoms with Crippen LogP contribution in [-0.2, 0) is 5.41 Å². The molecule has 10 rings (SSSR count). The van der Waals surface area contributed by atoms with Crippen molar-refractivity contribution in [3.63, 3.8) is 0 Å². The highest BCUT2D eigenvalue weighted by molar-refractivity contribution is 6.09. The number of nitriles is 1. The molecule has 0 aliphatic heterocycles. The third kappa shape index (κ3) is 6.16. The minimum absolute atomic E-state index is 0.328. The molecule has 2 aromatic heterocycles. The first-order valence-corrected chi connectivity index (χ1v) is 19.9. The van der Waals surface area contributed by atoms with Crippen molar-refractivity contribution in [3.8, 4) is 62.5 Å². The predicted octanol–water partition coefficient (Wildman–Crippen LogP) is 13.1. The number of nitrogens with zero attached hydrogens (tertiary/aromatic N) is 4. The van der Waals surface area contributed by atoms with Gasteiger partial charge in [0, 0.05) is 33.0 Å². The van der Waals surface area contributed by atoms with Crippen LogP contribution >= 0.6 is 0 Å². The van der Waals surface area contributed by atoms with Crippen LogP contribution in [0, 0.1) is 29.1 Å². The molecule has 5 nitrogen and oxygen atoms in total. The van der Waals surface area contributed by atoms with Crippen molar-refractivity contribution in [1.29, 1.82) is 5.26 Å². The lowest BCUT2D eigenvalue weighted by Crippen LogP contribution is -2.42. The van der Waals surface area contributed by atoms with Gasteiger partial charge in [-0.1, -0.05) is 123 Å². The maximum Gasteiger partial charge on any atom is 0.164 e. The lowest BCUT2D eigenvalue weighted by Gasteiger charge is -2.50. The number of aromatic nitrogens is 3. The molecule has 2 aliphatic rings. The van der Waals surface area contributed by atoms with Crippen LogP contribution in [0.2, 0.25) is 0 Å². The van der Waals surface area contributed by atoms with Gasteiger partial charge in [0.1, 0.15) is 11.2 Å². The Bertz CT molecular complexity index is 2740. The van der Waals surface area contributed by atoms with E-state index in [2.05, 4.69) is 117 Å². The summed E-state index contributed by atoms with van der Waals surface area (Å²) >= 11 is 0. The van der Waals surface area contributed by atoms with E-state index in [1.54, 1.807) is 12.1 Å². The molecule has 4 atom stereocenters. The summed E-state index contributed by atoms with van der Waals surface area (Å²) in [5.74, 6) is 4.19. The standard InChI is InChI=1S/C51H42N4O/c1-32-26-35-27-33(2)29-51(28-32,30-35)42-24-22-37(23-25-42)36-14-18-40(19-15-36)49-53-48(39-12-10-34(31-52)11-13-39)54-50(55-49)41-20-16-38(17-21-41)43-7-5-8-45-44-6-3-4-9-46(44)56-47(43)45/h3-25,32-33,35H,26-30H2,1-2H3/t32-,33+,35-,51?. The third-order valence-corrected chi connectivity index (χ3v) is 12.4. The minimum Gasteiger partial charge on any atom is -0.455 e. The Morgan fingerprint density at radius 3 is 1.62 bits per heavy atom. The zero-order valence-electron chi connectivity index (χ0n) is 31.7. The Morgan fingerprint density at radius 1 is 0.536 bits per heavy atom. The van der Waals surface area contributed by atoms with Gasteiger partial charge in [-0.2, -0.15) is 5.26 Å². The molecule has 5 heteroatoms. The summed E-state index contributed by atoms with van der Waals surface area (Å²) in [6.07, 6.45) is 6.74. The van der Waals surface area contributed by atoms with E-state index in [4.69, 9.17) is 19.4 Å². The molecule has 2 aliphatic carbocycles. The first kappa shape index (κ1) is 34.1. The lowest BCUT2D eigenvalue weighted by molar-refractivity contribution is 0.0780. The largest absolute Gasteiger partial charge is 0.455 e. The van der Waals surface area contributed by atoms with E-state index >= 15 is 0 Å². The van der Waals surface area contributed by atoms with E-state index < -0.39 is 0 Å². The molecule has 56 heavy (non-hydrogen) atoms. The van der Waals surface area contributed by atoms with Crippen molar-refractivity contribution in [1.82, 2.24) is 15.0 Å². The number of hydrogen-bond acceptors (Lipinski definition) is 5. The Labute approximate surface area is 327 Å². The average molecular weight is 727 g/mol. The summed E-state index contributed by atoms with van der Waals surface area (Å²) < 4.78 is 6.33. The van der Waals surface area contributed by atoms with Crippen LogP contribution < -0.4 is 0 Å². The number of furan rings is 1. The zero-order chi connectivity index (χ0) is 37.8. The Kier molecular flexibility index (Phi) is 8.37. The molecular formula is C51H42N4O. The van der Waals surface area contributed by atoms with Crippen LogP contribution in [-0.4, -0.2) is 15.0 Å². The van der Waals surface area contributed by atoms with E-state index in [0.29, 0.717) is 28.5 Å². The number of hydrogen-bond donors (Lipinski definition) is 0. The predicted molar refractivity (Wildman–Crippen MR) is 226 cm³/mol. The molecule has 8 aromatic rings. The minimum atomic E-state index is 0.328. The van der Waals surface area contributed by atoms with Gasteiger partial charge in [0.15, 0.2) is 17.5 Å². The van der Waals surface area contributed by atoms with Gasteiger partial charge in [-0.3, -0.25) is 0 Å². The lowest BCUT2D eigenvalue weighted by atomic mass is 9.54. The van der Waals surface area contributed by atoms with Crippen LogP contribution in [0.4, 0.5) is 0 Å². The number of fused-ring (bicyclic) bond motifs is 5. The van der Waals surface area contributed by atoms with Gasteiger partial charge in [-0.15, -0.1) is 0 Å². The molecule has 0 spiro atoms. The number of benzene rings is 6. The molecule has 0 amide bonds.